The van der Waals surface area contributed by atoms with Crippen LogP contribution in [0.4, 0.5) is 0 Å². The fourth-order valence-electron chi connectivity index (χ4n) is 1.23. The van der Waals surface area contributed by atoms with Gasteiger partial charge in [-0.1, -0.05) is 0 Å². The molecule has 0 aliphatic carbocycles. The van der Waals surface area contributed by atoms with Crippen LogP contribution >= 0.6 is 11.8 Å². The van der Waals surface area contributed by atoms with Crippen molar-refractivity contribution >= 4 is 23.7 Å². The summed E-state index contributed by atoms with van der Waals surface area (Å²) < 4.78 is 4.92. The Balaban J connectivity index is 4.46. The van der Waals surface area contributed by atoms with E-state index in [1.807, 2.05) is 6.26 Å². The molecular weight excluding hydrogens is 242 g/mol. The van der Waals surface area contributed by atoms with Crippen LogP contribution in [0.1, 0.15) is 20.3 Å². The number of carboxylic acids is 1. The largest absolute Gasteiger partial charge is 0.478 e. The maximum absolute atomic E-state index is 11.6. The first-order valence-electron chi connectivity index (χ1n) is 5.34. The minimum atomic E-state index is -1.04. The summed E-state index contributed by atoms with van der Waals surface area (Å²) in [6.07, 6.45) is 3.58. The fraction of sp³-hybridized carbons (Fsp3) is 0.636. The predicted octanol–water partition coefficient (Wildman–Crippen LogP) is 1.25. The van der Waals surface area contributed by atoms with Crippen molar-refractivity contribution in [3.8, 4) is 0 Å². The molecule has 17 heavy (non-hydrogen) atoms. The molecule has 6 heteroatoms. The molecule has 0 amide bonds. The lowest BCUT2D eigenvalue weighted by atomic mass is 10.2. The summed E-state index contributed by atoms with van der Waals surface area (Å²) in [5, 5.41) is 11.4. The van der Waals surface area contributed by atoms with Gasteiger partial charge in [-0.25, -0.2) is 9.59 Å². The van der Waals surface area contributed by atoms with E-state index in [1.165, 1.54) is 0 Å². The van der Waals surface area contributed by atoms with E-state index < -0.39 is 12.0 Å². The van der Waals surface area contributed by atoms with Gasteiger partial charge in [-0.2, -0.15) is 11.8 Å². The van der Waals surface area contributed by atoms with Gasteiger partial charge in [-0.15, -0.1) is 0 Å². The molecule has 0 unspecified atom stereocenters. The lowest BCUT2D eigenvalue weighted by Crippen LogP contribution is -2.37. The molecule has 1 atom stereocenters. The van der Waals surface area contributed by atoms with Crippen molar-refractivity contribution in [1.82, 2.24) is 5.32 Å². The highest BCUT2D eigenvalue weighted by atomic mass is 32.2. The van der Waals surface area contributed by atoms with Crippen LogP contribution in [0.25, 0.3) is 0 Å². The van der Waals surface area contributed by atoms with Crippen LogP contribution in [0.15, 0.2) is 11.8 Å². The van der Waals surface area contributed by atoms with E-state index >= 15 is 0 Å². The Kier molecular flexibility index (Phi) is 8.31. The van der Waals surface area contributed by atoms with Gasteiger partial charge in [0.25, 0.3) is 0 Å². The summed E-state index contributed by atoms with van der Waals surface area (Å²) >= 11 is 1.62. The Labute approximate surface area is 106 Å². The monoisotopic (exact) mass is 261 g/mol. The summed E-state index contributed by atoms with van der Waals surface area (Å²) in [5.74, 6) is -0.584. The van der Waals surface area contributed by atoms with Crippen LogP contribution in [-0.4, -0.2) is 41.7 Å². The topological polar surface area (TPSA) is 75.6 Å². The van der Waals surface area contributed by atoms with Gasteiger partial charge < -0.3 is 15.2 Å². The van der Waals surface area contributed by atoms with Crippen LogP contribution in [0.3, 0.4) is 0 Å². The number of carbonyl (C=O) groups is 2. The Bertz CT molecular complexity index is 291. The van der Waals surface area contributed by atoms with E-state index in [0.29, 0.717) is 18.7 Å². The van der Waals surface area contributed by atoms with E-state index in [2.05, 4.69) is 5.32 Å². The summed E-state index contributed by atoms with van der Waals surface area (Å²) in [6, 6.07) is -0.488. The maximum Gasteiger partial charge on any atom is 0.330 e. The molecular formula is C11H19NO4S. The average Bonchev–Trinajstić information content (AvgIpc) is 2.23. The summed E-state index contributed by atoms with van der Waals surface area (Å²) in [5.41, 5.74) is 0.441. The average molecular weight is 261 g/mol. The number of hydrogen-bond donors (Lipinski definition) is 2. The zero-order valence-corrected chi connectivity index (χ0v) is 11.2. The van der Waals surface area contributed by atoms with E-state index in [0.717, 1.165) is 11.8 Å². The molecule has 0 aromatic rings. The Morgan fingerprint density at radius 1 is 1.53 bits per heavy atom. The SMILES string of the molecule is CCOC(=O)[C@H](CCSC)N/C(C)=C/C(=O)O. The Morgan fingerprint density at radius 3 is 2.65 bits per heavy atom. The highest BCUT2D eigenvalue weighted by Crippen LogP contribution is 2.05. The van der Waals surface area contributed by atoms with Crippen LogP contribution in [0, 0.1) is 0 Å². The van der Waals surface area contributed by atoms with E-state index in [-0.39, 0.29) is 5.97 Å². The second-order valence-corrected chi connectivity index (χ2v) is 4.38. The van der Waals surface area contributed by atoms with E-state index in [9.17, 15) is 9.59 Å². The molecule has 0 aliphatic rings. The molecule has 0 bridgehead atoms. The number of esters is 1. The van der Waals surface area contributed by atoms with Crippen molar-refractivity contribution < 1.29 is 19.4 Å². The summed E-state index contributed by atoms with van der Waals surface area (Å²) in [7, 11) is 0. The van der Waals surface area contributed by atoms with E-state index in [4.69, 9.17) is 9.84 Å². The number of rotatable bonds is 8. The molecule has 0 saturated carbocycles. The molecule has 0 fully saturated rings. The fourth-order valence-corrected chi connectivity index (χ4v) is 1.70. The Hall–Kier alpha value is -1.17. The first-order chi connectivity index (χ1) is 8.01. The van der Waals surface area contributed by atoms with Gasteiger partial charge in [-0.05, 0) is 32.3 Å². The zero-order valence-electron chi connectivity index (χ0n) is 10.4. The second kappa shape index (κ2) is 8.92. The van der Waals surface area contributed by atoms with E-state index in [1.54, 1.807) is 25.6 Å². The second-order valence-electron chi connectivity index (χ2n) is 3.40. The number of nitrogens with one attached hydrogen (secondary N) is 1. The summed E-state index contributed by atoms with van der Waals surface area (Å²) in [4.78, 5) is 22.1. The van der Waals surface area contributed by atoms with Gasteiger partial charge in [0.15, 0.2) is 0 Å². The molecule has 0 aromatic carbocycles. The molecule has 0 aromatic heterocycles. The minimum absolute atomic E-state index is 0.317. The zero-order chi connectivity index (χ0) is 13.3. The molecule has 2 N–H and O–H groups in total. The number of allylic oxidation sites excluding steroid dienone is 1. The van der Waals surface area contributed by atoms with Crippen LogP contribution in [0.5, 0.6) is 0 Å². The third-order valence-electron chi connectivity index (χ3n) is 1.92. The first-order valence-corrected chi connectivity index (χ1v) is 6.74. The number of carboxylic acid groups (broad SMARTS) is 1. The smallest absolute Gasteiger partial charge is 0.330 e. The lowest BCUT2D eigenvalue weighted by molar-refractivity contribution is -0.145. The standard InChI is InChI=1S/C11H19NO4S/c1-4-16-11(15)9(5-6-17-3)12-8(2)7-10(13)14/h7,9,12H,4-6H2,1-3H3,(H,13,14)/b8-7+/t9-/m0/s1. The number of thioether (sulfide) groups is 1. The van der Waals surface area contributed by atoms with Gasteiger partial charge in [-0.3, -0.25) is 0 Å². The van der Waals surface area contributed by atoms with Crippen molar-refractivity contribution in [3.05, 3.63) is 11.8 Å². The quantitative estimate of drug-likeness (QED) is 0.506. The van der Waals surface area contributed by atoms with Crippen LogP contribution in [0.2, 0.25) is 0 Å². The van der Waals surface area contributed by atoms with Crippen molar-refractivity contribution in [1.29, 1.82) is 0 Å². The number of aliphatic carboxylic acids is 1. The minimum Gasteiger partial charge on any atom is -0.478 e. The van der Waals surface area contributed by atoms with Crippen LogP contribution < -0.4 is 5.32 Å². The molecule has 0 rings (SSSR count). The molecule has 0 radical (unpaired) electrons. The number of hydrogen-bond acceptors (Lipinski definition) is 5. The number of carbonyl (C=O) groups excluding carboxylic acids is 1. The third-order valence-corrected chi connectivity index (χ3v) is 2.57. The van der Waals surface area contributed by atoms with Gasteiger partial charge in [0.05, 0.1) is 6.61 Å². The molecule has 0 saturated heterocycles. The molecule has 98 valence electrons. The van der Waals surface area contributed by atoms with Gasteiger partial charge >= 0.3 is 11.9 Å². The third kappa shape index (κ3) is 7.68. The molecule has 5 nitrogen and oxygen atoms in total. The number of ether oxygens (including phenoxy) is 1. The van der Waals surface area contributed by atoms with Gasteiger partial charge in [0.1, 0.15) is 6.04 Å². The molecule has 0 spiro atoms. The molecule has 0 aliphatic heterocycles. The predicted molar refractivity (Wildman–Crippen MR) is 67.9 cm³/mol. The van der Waals surface area contributed by atoms with Crippen molar-refractivity contribution in [2.45, 2.75) is 26.3 Å². The first kappa shape index (κ1) is 15.8. The van der Waals surface area contributed by atoms with Gasteiger partial charge in [0, 0.05) is 11.8 Å². The maximum atomic E-state index is 11.6. The lowest BCUT2D eigenvalue weighted by Gasteiger charge is -2.18. The highest BCUT2D eigenvalue weighted by Gasteiger charge is 2.19. The van der Waals surface area contributed by atoms with Crippen molar-refractivity contribution in [3.63, 3.8) is 0 Å². The van der Waals surface area contributed by atoms with Crippen molar-refractivity contribution in [2.75, 3.05) is 18.6 Å². The Morgan fingerprint density at radius 2 is 2.18 bits per heavy atom. The summed E-state index contributed by atoms with van der Waals surface area (Å²) in [6.45, 7) is 3.67. The normalized spacial score (nSPS) is 13.0. The van der Waals surface area contributed by atoms with Crippen LogP contribution in [-0.2, 0) is 14.3 Å². The highest BCUT2D eigenvalue weighted by molar-refractivity contribution is 7.98. The van der Waals surface area contributed by atoms with Gasteiger partial charge in [0.2, 0.25) is 0 Å². The van der Waals surface area contributed by atoms with Crippen molar-refractivity contribution in [2.24, 2.45) is 0 Å². The molecule has 0 heterocycles.